The van der Waals surface area contributed by atoms with Gasteiger partial charge in [0.15, 0.2) is 6.04 Å². The van der Waals surface area contributed by atoms with Crippen molar-refractivity contribution in [3.63, 3.8) is 0 Å². The van der Waals surface area contributed by atoms with Gasteiger partial charge in [0.2, 0.25) is 0 Å². The van der Waals surface area contributed by atoms with E-state index in [1.165, 1.54) is 0 Å². The molecule has 1 heterocycles. The van der Waals surface area contributed by atoms with Crippen molar-refractivity contribution in [2.45, 2.75) is 12.1 Å². The molecule has 1 rings (SSSR count). The van der Waals surface area contributed by atoms with Crippen LogP contribution in [0.15, 0.2) is 0 Å². The van der Waals surface area contributed by atoms with E-state index in [9.17, 15) is 9.59 Å². The van der Waals surface area contributed by atoms with Gasteiger partial charge >= 0.3 is 12.1 Å². The fourth-order valence-electron chi connectivity index (χ4n) is 0.799. The highest BCUT2D eigenvalue weighted by Crippen LogP contribution is 2.06. The fraction of sp³-hybridized carbons (Fsp3) is 0.600. The summed E-state index contributed by atoms with van der Waals surface area (Å²) in [5.41, 5.74) is 0. The molecule has 0 aromatic carbocycles. The maximum Gasteiger partial charge on any atom is 0.405 e. The first kappa shape index (κ1) is 7.80. The summed E-state index contributed by atoms with van der Waals surface area (Å²) in [6, 6.07) is -1.13. The summed E-state index contributed by atoms with van der Waals surface area (Å²) >= 11 is 0. The Bertz CT molecular complexity index is 191. The van der Waals surface area contributed by atoms with Crippen LogP contribution in [0.4, 0.5) is 4.79 Å². The van der Waals surface area contributed by atoms with E-state index >= 15 is 0 Å². The van der Waals surface area contributed by atoms with Gasteiger partial charge in [-0.25, -0.2) is 9.59 Å². The van der Waals surface area contributed by atoms with Gasteiger partial charge < -0.3 is 20.3 Å². The minimum absolute atomic E-state index is 0.149. The Labute approximate surface area is 61.8 Å². The van der Waals surface area contributed by atoms with E-state index in [2.05, 4.69) is 4.74 Å². The smallest absolute Gasteiger partial charge is 0.405 e. The van der Waals surface area contributed by atoms with Crippen molar-refractivity contribution in [2.24, 2.45) is 0 Å². The molecule has 0 spiro atoms. The van der Waals surface area contributed by atoms with Gasteiger partial charge in [-0.1, -0.05) is 0 Å². The Kier molecular flexibility index (Phi) is 1.95. The van der Waals surface area contributed by atoms with Gasteiger partial charge in [0.05, 0.1) is 0 Å². The van der Waals surface area contributed by atoms with E-state index in [1.807, 2.05) is 5.32 Å². The lowest BCUT2D eigenvalue weighted by atomic mass is 10.2. The van der Waals surface area contributed by atoms with Crippen LogP contribution in [0.25, 0.3) is 0 Å². The van der Waals surface area contributed by atoms with Crippen molar-refractivity contribution in [2.75, 3.05) is 6.61 Å². The average molecular weight is 161 g/mol. The number of hydrogen-bond acceptors (Lipinski definition) is 4. The van der Waals surface area contributed by atoms with E-state index in [1.54, 1.807) is 0 Å². The van der Waals surface area contributed by atoms with E-state index < -0.39 is 24.2 Å². The Morgan fingerprint density at radius 1 is 1.73 bits per heavy atom. The van der Waals surface area contributed by atoms with E-state index in [4.69, 9.17) is 10.2 Å². The second-order valence-corrected chi connectivity index (χ2v) is 2.12. The molecule has 3 N–H and O–H groups in total. The lowest BCUT2D eigenvalue weighted by Gasteiger charge is -2.07. The second kappa shape index (κ2) is 2.75. The SMILES string of the molecule is O=C(O)N[C@@H]1C(=O)OC[C@@H]1O. The van der Waals surface area contributed by atoms with Gasteiger partial charge in [0.1, 0.15) is 12.7 Å². The summed E-state index contributed by atoms with van der Waals surface area (Å²) in [5, 5.41) is 18.9. The van der Waals surface area contributed by atoms with Crippen molar-refractivity contribution in [1.29, 1.82) is 0 Å². The molecule has 0 aromatic heterocycles. The van der Waals surface area contributed by atoms with Crippen LogP contribution >= 0.6 is 0 Å². The Hall–Kier alpha value is -1.30. The van der Waals surface area contributed by atoms with Crippen molar-refractivity contribution >= 4 is 12.1 Å². The molecule has 1 aliphatic rings. The van der Waals surface area contributed by atoms with Crippen molar-refractivity contribution < 1.29 is 24.5 Å². The third-order valence-corrected chi connectivity index (χ3v) is 1.31. The number of amides is 1. The van der Waals surface area contributed by atoms with Gasteiger partial charge in [0.25, 0.3) is 0 Å². The Morgan fingerprint density at radius 2 is 2.36 bits per heavy atom. The largest absolute Gasteiger partial charge is 0.465 e. The van der Waals surface area contributed by atoms with Gasteiger partial charge in [-0.3, -0.25) is 0 Å². The number of ether oxygens (including phenoxy) is 1. The molecule has 1 fully saturated rings. The predicted octanol–water partition coefficient (Wildman–Crippen LogP) is -1.46. The standard InChI is InChI=1S/C5H7NO5/c7-2-1-11-4(8)3(2)6-5(9)10/h2-3,6-7H,1H2,(H,9,10)/t2-,3-/m0/s1. The first-order chi connectivity index (χ1) is 5.11. The molecule has 1 amide bonds. The third kappa shape index (κ3) is 1.58. The Morgan fingerprint density at radius 3 is 2.73 bits per heavy atom. The summed E-state index contributed by atoms with van der Waals surface area (Å²) in [6.45, 7) is -0.149. The summed E-state index contributed by atoms with van der Waals surface area (Å²) in [5.74, 6) is -0.736. The van der Waals surface area contributed by atoms with Crippen LogP contribution in [0.3, 0.4) is 0 Å². The summed E-state index contributed by atoms with van der Waals surface area (Å²) in [6.07, 6.45) is -2.42. The molecule has 11 heavy (non-hydrogen) atoms. The average Bonchev–Trinajstić information content (AvgIpc) is 2.18. The molecule has 0 radical (unpaired) electrons. The first-order valence-corrected chi connectivity index (χ1v) is 2.95. The highest BCUT2D eigenvalue weighted by atomic mass is 16.6. The number of aliphatic hydroxyl groups excluding tert-OH is 1. The van der Waals surface area contributed by atoms with Crippen molar-refractivity contribution in [3.05, 3.63) is 0 Å². The third-order valence-electron chi connectivity index (χ3n) is 1.31. The lowest BCUT2D eigenvalue weighted by Crippen LogP contribution is -2.44. The fourth-order valence-corrected chi connectivity index (χ4v) is 0.799. The molecule has 62 valence electrons. The van der Waals surface area contributed by atoms with Gasteiger partial charge in [0, 0.05) is 0 Å². The molecule has 0 aliphatic carbocycles. The van der Waals surface area contributed by atoms with Crippen LogP contribution in [0, 0.1) is 0 Å². The number of nitrogens with one attached hydrogen (secondary N) is 1. The number of aliphatic hydroxyl groups is 1. The van der Waals surface area contributed by atoms with Crippen LogP contribution in [-0.4, -0.2) is 41.0 Å². The zero-order valence-corrected chi connectivity index (χ0v) is 5.48. The molecular weight excluding hydrogens is 154 g/mol. The number of carboxylic acid groups (broad SMARTS) is 1. The molecule has 0 bridgehead atoms. The zero-order chi connectivity index (χ0) is 8.43. The van der Waals surface area contributed by atoms with E-state index in [-0.39, 0.29) is 6.61 Å². The predicted molar refractivity (Wildman–Crippen MR) is 31.9 cm³/mol. The maximum atomic E-state index is 10.6. The first-order valence-electron chi connectivity index (χ1n) is 2.95. The molecule has 1 aliphatic heterocycles. The molecule has 6 heteroatoms. The second-order valence-electron chi connectivity index (χ2n) is 2.12. The van der Waals surface area contributed by atoms with Crippen molar-refractivity contribution in [3.8, 4) is 0 Å². The van der Waals surface area contributed by atoms with Gasteiger partial charge in [-0.15, -0.1) is 0 Å². The van der Waals surface area contributed by atoms with Gasteiger partial charge in [-0.2, -0.15) is 0 Å². The molecule has 6 nitrogen and oxygen atoms in total. The summed E-state index contributed by atoms with van der Waals surface area (Å²) in [7, 11) is 0. The van der Waals surface area contributed by atoms with Crippen LogP contribution in [-0.2, 0) is 9.53 Å². The summed E-state index contributed by atoms with van der Waals surface area (Å²) < 4.78 is 4.36. The molecule has 1 saturated heterocycles. The number of esters is 1. The van der Waals surface area contributed by atoms with Crippen LogP contribution in [0.1, 0.15) is 0 Å². The van der Waals surface area contributed by atoms with Crippen molar-refractivity contribution in [1.82, 2.24) is 5.32 Å². The van der Waals surface area contributed by atoms with Crippen LogP contribution in [0.2, 0.25) is 0 Å². The molecule has 0 saturated carbocycles. The number of hydrogen-bond donors (Lipinski definition) is 3. The van der Waals surface area contributed by atoms with Gasteiger partial charge in [-0.05, 0) is 0 Å². The number of carbonyl (C=O) groups excluding carboxylic acids is 1. The monoisotopic (exact) mass is 161 g/mol. The lowest BCUT2D eigenvalue weighted by molar-refractivity contribution is -0.139. The molecule has 0 aromatic rings. The maximum absolute atomic E-state index is 10.6. The summed E-state index contributed by atoms with van der Waals surface area (Å²) in [4.78, 5) is 20.6. The minimum atomic E-state index is -1.35. The number of cyclic esters (lactones) is 1. The van der Waals surface area contributed by atoms with Crippen LogP contribution in [0.5, 0.6) is 0 Å². The number of carbonyl (C=O) groups is 2. The molecule has 2 atom stereocenters. The Balaban J connectivity index is 2.54. The van der Waals surface area contributed by atoms with E-state index in [0.29, 0.717) is 0 Å². The molecular formula is C5H7NO5. The number of rotatable bonds is 1. The topological polar surface area (TPSA) is 95.9 Å². The normalized spacial score (nSPS) is 29.7. The highest BCUT2D eigenvalue weighted by Gasteiger charge is 2.36. The van der Waals surface area contributed by atoms with E-state index in [0.717, 1.165) is 0 Å². The molecule has 0 unspecified atom stereocenters. The van der Waals surface area contributed by atoms with Crippen LogP contribution < -0.4 is 5.32 Å². The highest BCUT2D eigenvalue weighted by molar-refractivity contribution is 5.82. The quantitative estimate of drug-likeness (QED) is 0.408. The minimum Gasteiger partial charge on any atom is -0.465 e. The zero-order valence-electron chi connectivity index (χ0n) is 5.48.